The van der Waals surface area contributed by atoms with Crippen molar-refractivity contribution in [1.29, 1.82) is 5.26 Å². The average molecular weight is 505 g/mol. The van der Waals surface area contributed by atoms with Gasteiger partial charge in [0.05, 0.1) is 42.7 Å². The van der Waals surface area contributed by atoms with Crippen LogP contribution < -0.4 is 10.6 Å². The van der Waals surface area contributed by atoms with Gasteiger partial charge in [0, 0.05) is 51.5 Å². The highest BCUT2D eigenvalue weighted by Crippen LogP contribution is 2.29. The Morgan fingerprint density at radius 2 is 1.92 bits per heavy atom. The van der Waals surface area contributed by atoms with Crippen LogP contribution in [0.4, 0.5) is 22.2 Å². The van der Waals surface area contributed by atoms with Gasteiger partial charge >= 0.3 is 6.09 Å². The molecule has 5 rings (SSSR count). The minimum absolute atomic E-state index is 0.236. The number of ether oxygens (including phenoxy) is 1. The number of anilines is 3. The number of carbonyl (C=O) groups excluding carboxylic acids is 1. The summed E-state index contributed by atoms with van der Waals surface area (Å²) in [6.45, 7) is 3.18. The molecule has 0 spiro atoms. The molecular formula is C25H32N10O2. The van der Waals surface area contributed by atoms with Crippen molar-refractivity contribution >= 4 is 34.6 Å². The highest BCUT2D eigenvalue weighted by atomic mass is 16.5. The van der Waals surface area contributed by atoms with E-state index in [1.807, 2.05) is 25.4 Å². The van der Waals surface area contributed by atoms with Crippen molar-refractivity contribution in [3.8, 4) is 6.07 Å². The Hall–Kier alpha value is -3.98. The number of pyridine rings is 1. The highest BCUT2D eigenvalue weighted by molar-refractivity contribution is 5.87. The van der Waals surface area contributed by atoms with Crippen molar-refractivity contribution in [3.05, 3.63) is 30.2 Å². The quantitative estimate of drug-likeness (QED) is 0.515. The number of aryl methyl sites for hydroxylation is 1. The Kier molecular flexibility index (Phi) is 7.32. The van der Waals surface area contributed by atoms with E-state index in [-0.39, 0.29) is 18.6 Å². The first-order chi connectivity index (χ1) is 18.0. The molecule has 3 aromatic heterocycles. The SMILES string of the molecule is COC(=O)N1CCN(C2CCC(Nc3nc(Nc4cnn(C)c4)nc4ccc(CC#N)nc34)CC2)CC1. The lowest BCUT2D eigenvalue weighted by Crippen LogP contribution is -2.53. The van der Waals surface area contributed by atoms with Crippen molar-refractivity contribution in [1.82, 2.24) is 34.5 Å². The van der Waals surface area contributed by atoms with Gasteiger partial charge < -0.3 is 20.3 Å². The molecule has 0 unspecified atom stereocenters. The Balaban J connectivity index is 1.28. The van der Waals surface area contributed by atoms with Crippen LogP contribution in [0.3, 0.4) is 0 Å². The fraction of sp³-hybridized carbons (Fsp3) is 0.520. The lowest BCUT2D eigenvalue weighted by Gasteiger charge is -2.41. The van der Waals surface area contributed by atoms with Crippen molar-refractivity contribution < 1.29 is 9.53 Å². The molecule has 12 heteroatoms. The summed E-state index contributed by atoms with van der Waals surface area (Å²) in [5, 5.41) is 20.2. The molecule has 1 amide bonds. The van der Waals surface area contributed by atoms with E-state index < -0.39 is 0 Å². The van der Waals surface area contributed by atoms with Gasteiger partial charge in [0.25, 0.3) is 0 Å². The monoisotopic (exact) mass is 504 g/mol. The first-order valence-corrected chi connectivity index (χ1v) is 12.7. The summed E-state index contributed by atoms with van der Waals surface area (Å²) in [6.07, 6.45) is 7.75. The molecule has 1 saturated carbocycles. The Labute approximate surface area is 215 Å². The normalized spacial score (nSPS) is 20.4. The zero-order valence-electron chi connectivity index (χ0n) is 21.2. The third-order valence-electron chi connectivity index (χ3n) is 7.12. The number of methoxy groups -OCH3 is 1. The second-order valence-corrected chi connectivity index (χ2v) is 9.57. The smallest absolute Gasteiger partial charge is 0.409 e. The summed E-state index contributed by atoms with van der Waals surface area (Å²) in [5.41, 5.74) is 2.88. The number of aromatic nitrogens is 5. The van der Waals surface area contributed by atoms with E-state index in [0.717, 1.165) is 44.5 Å². The predicted octanol–water partition coefficient (Wildman–Crippen LogP) is 2.68. The van der Waals surface area contributed by atoms with E-state index in [4.69, 9.17) is 20.0 Å². The zero-order valence-corrected chi connectivity index (χ0v) is 21.2. The van der Waals surface area contributed by atoms with E-state index >= 15 is 0 Å². The molecular weight excluding hydrogens is 472 g/mol. The van der Waals surface area contributed by atoms with Crippen molar-refractivity contribution in [2.24, 2.45) is 7.05 Å². The summed E-state index contributed by atoms with van der Waals surface area (Å²) in [6, 6.07) is 6.67. The minimum atomic E-state index is -0.242. The van der Waals surface area contributed by atoms with E-state index in [2.05, 4.69) is 31.7 Å². The maximum absolute atomic E-state index is 11.8. The summed E-state index contributed by atoms with van der Waals surface area (Å²) >= 11 is 0. The molecule has 1 aliphatic carbocycles. The molecule has 0 atom stereocenters. The molecule has 0 radical (unpaired) electrons. The van der Waals surface area contributed by atoms with Crippen LogP contribution in [0.15, 0.2) is 24.5 Å². The van der Waals surface area contributed by atoms with Gasteiger partial charge in [-0.15, -0.1) is 0 Å². The average Bonchev–Trinajstić information content (AvgIpc) is 3.33. The van der Waals surface area contributed by atoms with Crippen molar-refractivity contribution in [2.45, 2.75) is 44.2 Å². The lowest BCUT2D eigenvalue weighted by molar-refractivity contribution is 0.0642. The zero-order chi connectivity index (χ0) is 25.8. The van der Waals surface area contributed by atoms with Crippen LogP contribution in [0, 0.1) is 11.3 Å². The summed E-state index contributed by atoms with van der Waals surface area (Å²) in [4.78, 5) is 30.2. The maximum Gasteiger partial charge on any atom is 0.409 e. The topological polar surface area (TPSA) is 137 Å². The van der Waals surface area contributed by atoms with Gasteiger partial charge in [0.1, 0.15) is 5.52 Å². The van der Waals surface area contributed by atoms with Gasteiger partial charge in [-0.1, -0.05) is 0 Å². The van der Waals surface area contributed by atoms with Gasteiger partial charge in [-0.25, -0.2) is 14.8 Å². The van der Waals surface area contributed by atoms with Crippen molar-refractivity contribution in [2.75, 3.05) is 43.9 Å². The molecule has 2 N–H and O–H groups in total. The van der Waals surface area contributed by atoms with Crippen LogP contribution in [0.1, 0.15) is 31.4 Å². The summed E-state index contributed by atoms with van der Waals surface area (Å²) < 4.78 is 6.57. The minimum Gasteiger partial charge on any atom is -0.453 e. The second kappa shape index (κ2) is 11.0. The van der Waals surface area contributed by atoms with Gasteiger partial charge in [-0.3, -0.25) is 9.58 Å². The number of hydrogen-bond acceptors (Lipinski definition) is 10. The number of fused-ring (bicyclic) bond motifs is 1. The molecule has 3 aromatic rings. The third kappa shape index (κ3) is 5.72. The molecule has 1 saturated heterocycles. The predicted molar refractivity (Wildman–Crippen MR) is 138 cm³/mol. The Morgan fingerprint density at radius 3 is 2.59 bits per heavy atom. The number of rotatable bonds is 6. The third-order valence-corrected chi connectivity index (χ3v) is 7.12. The number of piperazine rings is 1. The summed E-state index contributed by atoms with van der Waals surface area (Å²) in [7, 11) is 3.29. The van der Waals surface area contributed by atoms with Crippen LogP contribution in [0.25, 0.3) is 11.0 Å². The molecule has 37 heavy (non-hydrogen) atoms. The van der Waals surface area contributed by atoms with Gasteiger partial charge in [-0.05, 0) is 37.8 Å². The van der Waals surface area contributed by atoms with Crippen LogP contribution in [-0.4, -0.2) is 86.0 Å². The molecule has 0 aromatic carbocycles. The number of nitriles is 1. The van der Waals surface area contributed by atoms with Gasteiger partial charge in [0.2, 0.25) is 5.95 Å². The Morgan fingerprint density at radius 1 is 1.14 bits per heavy atom. The largest absolute Gasteiger partial charge is 0.453 e. The molecule has 0 bridgehead atoms. The van der Waals surface area contributed by atoms with Crippen LogP contribution in [0.5, 0.6) is 0 Å². The van der Waals surface area contributed by atoms with E-state index in [9.17, 15) is 4.79 Å². The van der Waals surface area contributed by atoms with E-state index in [1.165, 1.54) is 7.11 Å². The van der Waals surface area contributed by atoms with Crippen molar-refractivity contribution in [3.63, 3.8) is 0 Å². The highest BCUT2D eigenvalue weighted by Gasteiger charge is 2.30. The molecule has 194 valence electrons. The van der Waals surface area contributed by atoms with Crippen LogP contribution in [-0.2, 0) is 18.2 Å². The molecule has 2 aliphatic rings. The number of hydrogen-bond donors (Lipinski definition) is 2. The number of carbonyl (C=O) groups is 1. The van der Waals surface area contributed by atoms with E-state index in [0.29, 0.717) is 47.6 Å². The van der Waals surface area contributed by atoms with Gasteiger partial charge in [-0.2, -0.15) is 15.3 Å². The molecule has 12 nitrogen and oxygen atoms in total. The maximum atomic E-state index is 11.8. The van der Waals surface area contributed by atoms with Crippen LogP contribution >= 0.6 is 0 Å². The van der Waals surface area contributed by atoms with Gasteiger partial charge in [0.15, 0.2) is 5.82 Å². The number of amides is 1. The second-order valence-electron chi connectivity index (χ2n) is 9.57. The van der Waals surface area contributed by atoms with Crippen LogP contribution in [0.2, 0.25) is 0 Å². The first-order valence-electron chi connectivity index (χ1n) is 12.7. The number of nitrogens with one attached hydrogen (secondary N) is 2. The summed E-state index contributed by atoms with van der Waals surface area (Å²) in [5.74, 6) is 1.14. The molecule has 4 heterocycles. The Bertz CT molecular complexity index is 1290. The molecule has 2 fully saturated rings. The number of nitrogens with zero attached hydrogens (tertiary/aromatic N) is 8. The fourth-order valence-corrected chi connectivity index (χ4v) is 5.18. The fourth-order valence-electron chi connectivity index (χ4n) is 5.18. The first kappa shape index (κ1) is 24.7. The molecule has 1 aliphatic heterocycles. The lowest BCUT2D eigenvalue weighted by atomic mass is 9.89. The standard InChI is InChI=1S/C25H32N10O2/c1-33-16-19(15-27-33)30-24-31-21-8-5-18(9-10-26)28-22(21)23(32-24)29-17-3-6-20(7-4-17)34-11-13-35(14-12-34)25(36)37-2/h5,8,15-17,20H,3-4,6-7,9,11-14H2,1-2H3,(H2,29,30,31,32). The van der Waals surface area contributed by atoms with E-state index in [1.54, 1.807) is 15.8 Å².